The Labute approximate surface area is 424 Å². The molecule has 0 aliphatic carbocycles. The molecule has 3 aromatic rings. The number of hydrogen-bond donors (Lipinski definition) is 4. The molecule has 4 N–H and O–H groups in total. The summed E-state index contributed by atoms with van der Waals surface area (Å²) in [5, 5.41) is 33.3. The van der Waals surface area contributed by atoms with Crippen LogP contribution in [0.5, 0.6) is 0 Å². The maximum absolute atomic E-state index is 12.3. The van der Waals surface area contributed by atoms with E-state index in [1.54, 1.807) is 46.4 Å². The first kappa shape index (κ1) is 64.6. The maximum Gasteiger partial charge on any atom is 0.334 e. The van der Waals surface area contributed by atoms with Gasteiger partial charge in [0, 0.05) is 32.6 Å². The number of carboxylic acid groups (broad SMARTS) is 2. The summed E-state index contributed by atoms with van der Waals surface area (Å²) in [6.07, 6.45) is -0.968. The number of carbonyl (C=O) groups excluding carboxylic acids is 5. The number of Topliss-reactive ketones (excluding diaryl/α,β-unsaturated/α-hetero) is 1. The standard InChI is InChI=1S/C16H21NO3.C15H19NO4.C12H16O3.C5H10O3.C3H6O3.Zn/c1-12(18)15-9-6-10-17(15)16(19)13(2)20-11-14-7-4-3-5-8-14;1-11(20-10-12-6-3-2-4-7-12)14(17)16-9-5-8-13(16)15(18)19;1-3-14-12(13)10(2)15-9-11-7-5-4-6-8-11;1-3-8-5(7)4(2)6;1-2(4)3(5)6;/h3-5,7-8,13,15H,6,9-11H2,1-2H3;2-4,6-7,11,13H,5,8-10H2,1H3,(H,18,19);4-8,10H,3,9H2,1-2H3;4,6H,3H2,1-2H3;2,4H,1H3,(H,5,6);/t13-,15?;11-,13?;10-;4-;2-;/m00000./s1. The van der Waals surface area contributed by atoms with E-state index in [1.165, 1.54) is 18.7 Å². The van der Waals surface area contributed by atoms with Gasteiger partial charge in [-0.15, -0.1) is 0 Å². The Morgan fingerprint density at radius 2 is 0.871 bits per heavy atom. The van der Waals surface area contributed by atoms with Crippen LogP contribution < -0.4 is 0 Å². The molecular formula is C51H72N2O16Zn. The molecular weight excluding hydrogens is 962 g/mol. The minimum Gasteiger partial charge on any atom is -0.480 e. The number of amides is 2. The van der Waals surface area contributed by atoms with Crippen molar-refractivity contribution in [2.24, 2.45) is 0 Å². The maximum atomic E-state index is 12.3. The summed E-state index contributed by atoms with van der Waals surface area (Å²) in [5.41, 5.74) is 3.08. The third kappa shape index (κ3) is 26.0. The van der Waals surface area contributed by atoms with Crippen molar-refractivity contribution >= 4 is 41.5 Å². The number of aliphatic hydroxyl groups excluding tert-OH is 2. The van der Waals surface area contributed by atoms with E-state index >= 15 is 0 Å². The van der Waals surface area contributed by atoms with E-state index in [-0.39, 0.29) is 49.1 Å². The molecule has 19 heteroatoms. The SMILES string of the molecule is CC(=O)C1CCCN1C(=O)[C@H](C)OCc1ccccc1.CCOC(=O)[C@H](C)O.CCOC(=O)[C@H](C)OCc1ccccc1.C[C@H](O)C(=O)O.C[C@H](OCc1ccccc1)C(=O)N1CCCC1C(=O)O.[Zn]. The summed E-state index contributed by atoms with van der Waals surface area (Å²) in [7, 11) is 0. The molecule has 2 aliphatic rings. The topological polar surface area (TPSA) is 253 Å². The van der Waals surface area contributed by atoms with E-state index in [0.29, 0.717) is 52.5 Å². The monoisotopic (exact) mass is 1030 g/mol. The number of carboxylic acids is 2. The summed E-state index contributed by atoms with van der Waals surface area (Å²) in [6, 6.07) is 28.1. The smallest absolute Gasteiger partial charge is 0.334 e. The van der Waals surface area contributed by atoms with Crippen molar-refractivity contribution in [2.75, 3.05) is 26.3 Å². The Hall–Kier alpha value is -5.43. The van der Waals surface area contributed by atoms with E-state index in [9.17, 15) is 33.6 Å². The Morgan fingerprint density at radius 1 is 0.543 bits per heavy atom. The molecule has 3 aromatic carbocycles. The van der Waals surface area contributed by atoms with E-state index in [4.69, 9.17) is 39.4 Å². The molecule has 0 radical (unpaired) electrons. The van der Waals surface area contributed by atoms with Crippen molar-refractivity contribution in [3.05, 3.63) is 108 Å². The van der Waals surface area contributed by atoms with Crippen LogP contribution in [-0.4, -0.2) is 141 Å². The van der Waals surface area contributed by atoms with Gasteiger partial charge in [0.2, 0.25) is 0 Å². The summed E-state index contributed by atoms with van der Waals surface area (Å²) >= 11 is 0. The minimum absolute atomic E-state index is 0. The molecule has 2 unspecified atom stereocenters. The third-order valence-electron chi connectivity index (χ3n) is 10.2. The van der Waals surface area contributed by atoms with Crippen LogP contribution in [0.25, 0.3) is 0 Å². The Morgan fingerprint density at radius 3 is 1.17 bits per heavy atom. The van der Waals surface area contributed by atoms with Crippen LogP contribution in [0.2, 0.25) is 0 Å². The van der Waals surface area contributed by atoms with Crippen molar-refractivity contribution < 1.29 is 97.2 Å². The number of hydrogen-bond acceptors (Lipinski definition) is 14. The number of benzene rings is 3. The molecule has 2 saturated heterocycles. The van der Waals surface area contributed by atoms with Crippen LogP contribution in [0.1, 0.15) is 97.8 Å². The number of aliphatic hydroxyl groups is 2. The largest absolute Gasteiger partial charge is 0.480 e. The van der Waals surface area contributed by atoms with E-state index < -0.39 is 54.5 Å². The summed E-state index contributed by atoms with van der Waals surface area (Å²) < 4.78 is 25.8. The van der Waals surface area contributed by atoms with Gasteiger partial charge in [0.05, 0.1) is 39.1 Å². The van der Waals surface area contributed by atoms with Crippen LogP contribution in [0.3, 0.4) is 0 Å². The first-order valence-corrected chi connectivity index (χ1v) is 23.0. The summed E-state index contributed by atoms with van der Waals surface area (Å²) in [4.78, 5) is 81.2. The molecule has 384 valence electrons. The van der Waals surface area contributed by atoms with Gasteiger partial charge in [0.25, 0.3) is 11.8 Å². The normalized spacial score (nSPS) is 16.6. The third-order valence-corrected chi connectivity index (χ3v) is 10.2. The van der Waals surface area contributed by atoms with Crippen LogP contribution in [0.4, 0.5) is 0 Å². The van der Waals surface area contributed by atoms with Crippen molar-refractivity contribution in [1.82, 2.24) is 9.80 Å². The van der Waals surface area contributed by atoms with Gasteiger partial charge in [-0.1, -0.05) is 91.0 Å². The van der Waals surface area contributed by atoms with E-state index in [0.717, 1.165) is 36.0 Å². The number of ketones is 1. The first-order chi connectivity index (χ1) is 32.7. The predicted molar refractivity (Wildman–Crippen MR) is 254 cm³/mol. The number of carbonyl (C=O) groups is 7. The van der Waals surface area contributed by atoms with Crippen molar-refractivity contribution in [3.63, 3.8) is 0 Å². The number of esters is 2. The zero-order chi connectivity index (χ0) is 51.9. The molecule has 2 amide bonds. The zero-order valence-electron chi connectivity index (χ0n) is 41.8. The van der Waals surface area contributed by atoms with Crippen molar-refractivity contribution in [2.45, 2.75) is 143 Å². The van der Waals surface area contributed by atoms with Gasteiger partial charge in [-0.05, 0) is 97.8 Å². The van der Waals surface area contributed by atoms with Crippen LogP contribution in [-0.2, 0) is 96.5 Å². The van der Waals surface area contributed by atoms with Gasteiger partial charge in [-0.3, -0.25) is 14.4 Å². The zero-order valence-corrected chi connectivity index (χ0v) is 44.7. The quantitative estimate of drug-likeness (QED) is 0.0923. The molecule has 0 spiro atoms. The molecule has 70 heavy (non-hydrogen) atoms. The van der Waals surface area contributed by atoms with Crippen LogP contribution in [0.15, 0.2) is 91.0 Å². The second-order valence-corrected chi connectivity index (χ2v) is 15.8. The molecule has 0 saturated carbocycles. The average molecular weight is 1030 g/mol. The van der Waals surface area contributed by atoms with Gasteiger partial charge >= 0.3 is 23.9 Å². The second-order valence-electron chi connectivity index (χ2n) is 15.8. The Bertz CT molecular complexity index is 1880. The number of nitrogens with zero attached hydrogens (tertiary/aromatic N) is 2. The Balaban J connectivity index is 0.000000900. The summed E-state index contributed by atoms with van der Waals surface area (Å²) in [5.74, 6) is -3.27. The molecule has 2 aliphatic heterocycles. The van der Waals surface area contributed by atoms with Gasteiger partial charge in [-0.25, -0.2) is 19.2 Å². The number of rotatable bonds is 18. The van der Waals surface area contributed by atoms with Gasteiger partial charge in [-0.2, -0.15) is 0 Å². The fourth-order valence-corrected chi connectivity index (χ4v) is 6.33. The molecule has 5 rings (SSSR count). The number of ether oxygens (including phenoxy) is 5. The molecule has 0 aromatic heterocycles. The number of likely N-dealkylation sites (tertiary alicyclic amines) is 2. The second kappa shape index (κ2) is 36.5. The van der Waals surface area contributed by atoms with Crippen LogP contribution >= 0.6 is 0 Å². The van der Waals surface area contributed by atoms with Gasteiger partial charge in [0.15, 0.2) is 11.9 Å². The molecule has 18 nitrogen and oxygen atoms in total. The first-order valence-electron chi connectivity index (χ1n) is 23.0. The minimum atomic E-state index is -1.23. The van der Waals surface area contributed by atoms with E-state index in [2.05, 4.69) is 4.74 Å². The fourth-order valence-electron chi connectivity index (χ4n) is 6.33. The average Bonchev–Trinajstić information content (AvgIpc) is 4.05. The number of aliphatic carboxylic acids is 2. The summed E-state index contributed by atoms with van der Waals surface area (Å²) in [6.45, 7) is 15.8. The Kier molecular flexibility index (Phi) is 33.7. The molecule has 2 fully saturated rings. The molecule has 7 atom stereocenters. The van der Waals surface area contributed by atoms with Gasteiger partial charge < -0.3 is 53.9 Å². The molecule has 0 bridgehead atoms. The predicted octanol–water partition coefficient (Wildman–Crippen LogP) is 5.37. The van der Waals surface area contributed by atoms with Gasteiger partial charge in [0.1, 0.15) is 30.5 Å². The fraction of sp³-hybridized carbons (Fsp3) is 0.510. The van der Waals surface area contributed by atoms with Crippen molar-refractivity contribution in [3.8, 4) is 0 Å². The molecule has 2 heterocycles. The van der Waals surface area contributed by atoms with Crippen LogP contribution in [0, 0.1) is 0 Å². The van der Waals surface area contributed by atoms with Crippen molar-refractivity contribution in [1.29, 1.82) is 0 Å². The van der Waals surface area contributed by atoms with E-state index in [1.807, 2.05) is 91.0 Å².